The van der Waals surface area contributed by atoms with Crippen molar-refractivity contribution < 1.29 is 4.42 Å². The molecule has 3 heteroatoms. The summed E-state index contributed by atoms with van der Waals surface area (Å²) in [6, 6.07) is 61.0. The Bertz CT molecular complexity index is 3450. The highest BCUT2D eigenvalue weighted by Crippen LogP contribution is 2.53. The Labute approximate surface area is 368 Å². The minimum atomic E-state index is -0.0654. The summed E-state index contributed by atoms with van der Waals surface area (Å²) in [7, 11) is 0. The SMILES string of the molecule is CC1(C)CCC(C)(C)c2cc3c(cc21)sc1cccc(-c2ccccc2-c2ccc(N(c4ccc5c(c4)-c4ccccc4C5(C)C)c4ccc5c(c4)oc4ccccc45)cc2)c13. The van der Waals surface area contributed by atoms with E-state index in [-0.39, 0.29) is 16.2 Å². The molecule has 0 spiro atoms. The summed E-state index contributed by atoms with van der Waals surface area (Å²) in [5.41, 5.74) is 18.7. The molecule has 0 aliphatic heterocycles. The third-order valence-corrected chi connectivity index (χ3v) is 15.7. The van der Waals surface area contributed by atoms with Gasteiger partial charge in [-0.1, -0.05) is 139 Å². The molecule has 0 saturated carbocycles. The summed E-state index contributed by atoms with van der Waals surface area (Å²) in [6.07, 6.45) is 2.42. The van der Waals surface area contributed by atoms with Crippen molar-refractivity contribution in [3.63, 3.8) is 0 Å². The maximum Gasteiger partial charge on any atom is 0.137 e. The van der Waals surface area contributed by atoms with Gasteiger partial charge in [-0.2, -0.15) is 0 Å². The molecule has 0 amide bonds. The van der Waals surface area contributed by atoms with Crippen molar-refractivity contribution in [2.75, 3.05) is 4.90 Å². The van der Waals surface area contributed by atoms with Crippen LogP contribution in [0.1, 0.15) is 76.6 Å². The zero-order valence-electron chi connectivity index (χ0n) is 36.3. The Kier molecular flexibility index (Phi) is 8.01. The number of para-hydroxylation sites is 1. The first-order valence-corrected chi connectivity index (χ1v) is 22.9. The molecule has 2 aliphatic carbocycles. The minimum Gasteiger partial charge on any atom is -0.456 e. The van der Waals surface area contributed by atoms with E-state index >= 15 is 0 Å². The van der Waals surface area contributed by atoms with Crippen LogP contribution in [-0.4, -0.2) is 0 Å². The molecule has 2 aliphatic rings. The maximum absolute atomic E-state index is 6.47. The van der Waals surface area contributed by atoms with Gasteiger partial charge >= 0.3 is 0 Å². The summed E-state index contributed by atoms with van der Waals surface area (Å²) in [5, 5.41) is 5.01. The summed E-state index contributed by atoms with van der Waals surface area (Å²) in [4.78, 5) is 2.39. The van der Waals surface area contributed by atoms with Crippen LogP contribution >= 0.6 is 11.3 Å². The number of fused-ring (bicyclic) bond motifs is 10. The van der Waals surface area contributed by atoms with Crippen LogP contribution in [0.25, 0.3) is 75.5 Å². The highest BCUT2D eigenvalue weighted by atomic mass is 32.1. The van der Waals surface area contributed by atoms with Gasteiger partial charge in [-0.25, -0.2) is 0 Å². The normalized spacial score (nSPS) is 15.8. The van der Waals surface area contributed by atoms with Crippen molar-refractivity contribution in [1.82, 2.24) is 0 Å². The highest BCUT2D eigenvalue weighted by molar-refractivity contribution is 7.26. The summed E-state index contributed by atoms with van der Waals surface area (Å²) >= 11 is 1.94. The first-order valence-electron chi connectivity index (χ1n) is 22.1. The molecular formula is C59H49NOS. The average molecular weight is 820 g/mol. The number of thiophene rings is 1. The number of nitrogens with zero attached hydrogens (tertiary/aromatic N) is 1. The second kappa shape index (κ2) is 13.3. The lowest BCUT2D eigenvalue weighted by Gasteiger charge is -2.41. The Balaban J connectivity index is 0.995. The number of rotatable bonds is 5. The molecule has 0 fully saturated rings. The van der Waals surface area contributed by atoms with Gasteiger partial charge in [0.1, 0.15) is 11.2 Å². The minimum absolute atomic E-state index is 0.0654. The predicted molar refractivity (Wildman–Crippen MR) is 265 cm³/mol. The molecule has 302 valence electrons. The van der Waals surface area contributed by atoms with E-state index in [0.717, 1.165) is 39.0 Å². The van der Waals surface area contributed by atoms with Crippen LogP contribution < -0.4 is 4.90 Å². The van der Waals surface area contributed by atoms with Crippen molar-refractivity contribution in [1.29, 1.82) is 0 Å². The van der Waals surface area contributed by atoms with Gasteiger partial charge in [0.2, 0.25) is 0 Å². The van der Waals surface area contributed by atoms with Crippen molar-refractivity contribution in [3.05, 3.63) is 186 Å². The Morgan fingerprint density at radius 2 is 1.03 bits per heavy atom. The molecule has 2 nitrogen and oxygen atoms in total. The molecule has 0 N–H and O–H groups in total. The summed E-state index contributed by atoms with van der Waals surface area (Å²) in [6.45, 7) is 14.4. The third kappa shape index (κ3) is 5.54. The van der Waals surface area contributed by atoms with Gasteiger partial charge in [0, 0.05) is 59.5 Å². The fraction of sp³-hybridized carbons (Fsp3) is 0.186. The summed E-state index contributed by atoms with van der Waals surface area (Å²) in [5.74, 6) is 0. The Morgan fingerprint density at radius 3 is 1.84 bits per heavy atom. The van der Waals surface area contributed by atoms with E-state index in [1.54, 1.807) is 0 Å². The van der Waals surface area contributed by atoms with Crippen LogP contribution in [0.4, 0.5) is 17.1 Å². The van der Waals surface area contributed by atoms with Gasteiger partial charge in [-0.3, -0.25) is 0 Å². The Hall–Kier alpha value is -6.42. The molecule has 0 atom stereocenters. The molecular weight excluding hydrogens is 771 g/mol. The van der Waals surface area contributed by atoms with Crippen molar-refractivity contribution in [3.8, 4) is 33.4 Å². The van der Waals surface area contributed by atoms with E-state index in [9.17, 15) is 0 Å². The van der Waals surface area contributed by atoms with Crippen molar-refractivity contribution >= 4 is 70.5 Å². The van der Waals surface area contributed by atoms with E-state index in [4.69, 9.17) is 4.42 Å². The second-order valence-corrected chi connectivity index (χ2v) is 20.6. The average Bonchev–Trinajstić information content (AvgIpc) is 3.92. The maximum atomic E-state index is 6.47. The fourth-order valence-electron chi connectivity index (χ4n) is 11.0. The van der Waals surface area contributed by atoms with Crippen LogP contribution in [0, 0.1) is 0 Å². The quantitative estimate of drug-likeness (QED) is 0.172. The largest absolute Gasteiger partial charge is 0.456 e. The summed E-state index contributed by atoms with van der Waals surface area (Å²) < 4.78 is 9.20. The number of hydrogen-bond acceptors (Lipinski definition) is 3. The van der Waals surface area contributed by atoms with E-state index in [1.807, 2.05) is 17.4 Å². The number of anilines is 3. The molecule has 2 aromatic heterocycles. The van der Waals surface area contributed by atoms with Gasteiger partial charge in [0.15, 0.2) is 0 Å². The lowest BCUT2D eigenvalue weighted by Crippen LogP contribution is -2.33. The molecule has 0 saturated heterocycles. The van der Waals surface area contributed by atoms with Gasteiger partial charge < -0.3 is 9.32 Å². The molecule has 10 aromatic rings. The number of furan rings is 1. The molecule has 8 aromatic carbocycles. The Morgan fingerprint density at radius 1 is 0.419 bits per heavy atom. The topological polar surface area (TPSA) is 16.4 Å². The second-order valence-electron chi connectivity index (χ2n) is 19.5. The first kappa shape index (κ1) is 37.4. The van der Waals surface area contributed by atoms with Crippen LogP contribution in [-0.2, 0) is 16.2 Å². The van der Waals surface area contributed by atoms with Crippen LogP contribution in [0.5, 0.6) is 0 Å². The fourth-order valence-corrected chi connectivity index (χ4v) is 12.2. The van der Waals surface area contributed by atoms with E-state index in [1.165, 1.54) is 88.6 Å². The third-order valence-electron chi connectivity index (χ3n) is 14.6. The van der Waals surface area contributed by atoms with Gasteiger partial charge in [-0.15, -0.1) is 11.3 Å². The van der Waals surface area contributed by atoms with Gasteiger partial charge in [-0.05, 0) is 140 Å². The molecule has 62 heavy (non-hydrogen) atoms. The first-order chi connectivity index (χ1) is 30.0. The van der Waals surface area contributed by atoms with E-state index in [0.29, 0.717) is 0 Å². The lowest BCUT2D eigenvalue weighted by atomic mass is 9.63. The zero-order valence-corrected chi connectivity index (χ0v) is 37.1. The monoisotopic (exact) mass is 819 g/mol. The highest BCUT2D eigenvalue weighted by Gasteiger charge is 2.38. The molecule has 0 bridgehead atoms. The molecule has 0 unspecified atom stereocenters. The molecule has 0 radical (unpaired) electrons. The van der Waals surface area contributed by atoms with Crippen molar-refractivity contribution in [2.45, 2.75) is 70.6 Å². The number of benzene rings is 8. The van der Waals surface area contributed by atoms with Crippen molar-refractivity contribution in [2.24, 2.45) is 0 Å². The van der Waals surface area contributed by atoms with Gasteiger partial charge in [0.25, 0.3) is 0 Å². The van der Waals surface area contributed by atoms with E-state index < -0.39 is 0 Å². The lowest BCUT2D eigenvalue weighted by molar-refractivity contribution is 0.332. The molecule has 2 heterocycles. The van der Waals surface area contributed by atoms with Crippen LogP contribution in [0.3, 0.4) is 0 Å². The van der Waals surface area contributed by atoms with Gasteiger partial charge in [0.05, 0.1) is 0 Å². The van der Waals surface area contributed by atoms with Crippen LogP contribution in [0.15, 0.2) is 168 Å². The molecule has 12 rings (SSSR count). The van der Waals surface area contributed by atoms with Crippen LogP contribution in [0.2, 0.25) is 0 Å². The smallest absolute Gasteiger partial charge is 0.137 e. The predicted octanol–water partition coefficient (Wildman–Crippen LogP) is 17.4. The van der Waals surface area contributed by atoms with E-state index in [2.05, 4.69) is 204 Å². The zero-order chi connectivity index (χ0) is 42.1. The number of hydrogen-bond donors (Lipinski definition) is 0. The standard InChI is InChI=1S/C59H49NOS/c1-57(2)30-31-58(3,4)51-35-55-47(34-50(51)57)56-45(18-13-21-54(56)62-55)41-15-8-7-14-40(41)36-22-24-37(25-23-36)60(39-26-28-44-43-17-10-12-20-52(43)61-53(44)33-39)38-27-29-49-46(32-38)42-16-9-11-19-48(42)59(49,5)6/h7-29,32-35H,30-31H2,1-6H3.